The fraction of sp³-hybridized carbons (Fsp3) is 0.692. The third-order valence-electron chi connectivity index (χ3n) is 3.16. The monoisotopic (exact) mass is 286 g/mol. The largest absolute Gasteiger partial charge is 0.317 e. The Bertz CT molecular complexity index is 399. The first kappa shape index (κ1) is 16.0. The minimum atomic E-state index is 0. The van der Waals surface area contributed by atoms with E-state index in [9.17, 15) is 4.79 Å². The zero-order valence-corrected chi connectivity index (χ0v) is 12.4. The maximum Gasteiger partial charge on any atom is 0.227 e. The van der Waals surface area contributed by atoms with Crippen molar-refractivity contribution in [3.8, 4) is 0 Å². The normalized spacial score (nSPS) is 18.4. The summed E-state index contributed by atoms with van der Waals surface area (Å²) in [5.41, 5.74) is 0. The van der Waals surface area contributed by atoms with Crippen LogP contribution in [-0.2, 0) is 11.3 Å². The molecule has 1 atom stereocenters. The van der Waals surface area contributed by atoms with E-state index >= 15 is 0 Å². The molecule has 2 heterocycles. The summed E-state index contributed by atoms with van der Waals surface area (Å²) in [6.45, 7) is 7.15. The molecule has 1 aromatic rings. The molecule has 0 saturated carbocycles. The molecule has 108 valence electrons. The first-order valence-electron chi connectivity index (χ1n) is 6.67. The van der Waals surface area contributed by atoms with Gasteiger partial charge in [-0.25, -0.2) is 4.98 Å². The molecule has 0 radical (unpaired) electrons. The number of carbonyl (C=O) groups excluding carboxylic acids is 1. The van der Waals surface area contributed by atoms with Gasteiger partial charge in [0.15, 0.2) is 0 Å². The van der Waals surface area contributed by atoms with Crippen molar-refractivity contribution in [1.29, 1.82) is 0 Å². The molecule has 19 heavy (non-hydrogen) atoms. The van der Waals surface area contributed by atoms with Gasteiger partial charge in [0.1, 0.15) is 0 Å². The van der Waals surface area contributed by atoms with Crippen LogP contribution in [0.5, 0.6) is 0 Å². The minimum Gasteiger partial charge on any atom is -0.317 e. The summed E-state index contributed by atoms with van der Waals surface area (Å²) in [6.07, 6.45) is 5.32. The molecule has 5 nitrogen and oxygen atoms in total. The second-order valence-corrected chi connectivity index (χ2v) is 5.41. The maximum absolute atomic E-state index is 11.9. The summed E-state index contributed by atoms with van der Waals surface area (Å²) >= 11 is 0. The van der Waals surface area contributed by atoms with Crippen LogP contribution in [0, 0.1) is 11.8 Å². The molecule has 6 heteroatoms. The van der Waals surface area contributed by atoms with Crippen LogP contribution in [0.2, 0.25) is 0 Å². The summed E-state index contributed by atoms with van der Waals surface area (Å²) < 4.78 is 2.00. The van der Waals surface area contributed by atoms with E-state index in [0.29, 0.717) is 24.2 Å². The summed E-state index contributed by atoms with van der Waals surface area (Å²) in [6, 6.07) is 0. The van der Waals surface area contributed by atoms with Crippen molar-refractivity contribution in [2.24, 2.45) is 11.8 Å². The van der Waals surface area contributed by atoms with Crippen molar-refractivity contribution in [3.05, 3.63) is 12.4 Å². The molecule has 0 aromatic carbocycles. The second-order valence-electron chi connectivity index (χ2n) is 5.41. The van der Waals surface area contributed by atoms with Gasteiger partial charge in [-0.05, 0) is 31.3 Å². The highest BCUT2D eigenvalue weighted by Gasteiger charge is 2.18. The molecule has 1 amide bonds. The van der Waals surface area contributed by atoms with E-state index in [-0.39, 0.29) is 18.3 Å². The number of anilines is 1. The standard InChI is InChI=1S/C13H22N4O.ClH/c1-10(2)9-17-6-5-15-13(17)16-12(18)7-11-3-4-14-8-11;/h5-6,10-11,14H,3-4,7-9H2,1-2H3,(H,15,16,18);1H. The molecule has 2 rings (SSSR count). The molecule has 1 aliphatic heterocycles. The van der Waals surface area contributed by atoms with Crippen molar-refractivity contribution >= 4 is 24.3 Å². The molecule has 1 fully saturated rings. The van der Waals surface area contributed by atoms with Gasteiger partial charge in [0, 0.05) is 25.4 Å². The van der Waals surface area contributed by atoms with Gasteiger partial charge in [-0.1, -0.05) is 13.8 Å². The first-order valence-corrected chi connectivity index (χ1v) is 6.67. The molecular weight excluding hydrogens is 264 g/mol. The van der Waals surface area contributed by atoms with Crippen molar-refractivity contribution in [2.75, 3.05) is 18.4 Å². The number of hydrogen-bond donors (Lipinski definition) is 2. The lowest BCUT2D eigenvalue weighted by Gasteiger charge is -2.12. The number of carbonyl (C=O) groups is 1. The molecule has 0 aliphatic carbocycles. The van der Waals surface area contributed by atoms with E-state index in [1.165, 1.54) is 0 Å². The number of rotatable bonds is 5. The van der Waals surface area contributed by atoms with Gasteiger partial charge in [0.25, 0.3) is 0 Å². The summed E-state index contributed by atoms with van der Waals surface area (Å²) in [7, 11) is 0. The average Bonchev–Trinajstić information content (AvgIpc) is 2.91. The molecule has 1 saturated heterocycles. The number of halogens is 1. The van der Waals surface area contributed by atoms with E-state index in [1.807, 2.05) is 10.8 Å². The fourth-order valence-corrected chi connectivity index (χ4v) is 2.30. The third kappa shape index (κ3) is 4.84. The van der Waals surface area contributed by atoms with Crippen LogP contribution in [0.4, 0.5) is 5.95 Å². The highest BCUT2D eigenvalue weighted by atomic mass is 35.5. The van der Waals surface area contributed by atoms with Crippen LogP contribution in [0.1, 0.15) is 26.7 Å². The van der Waals surface area contributed by atoms with Crippen LogP contribution in [0.3, 0.4) is 0 Å². The first-order chi connectivity index (χ1) is 8.65. The highest BCUT2D eigenvalue weighted by Crippen LogP contribution is 2.14. The van der Waals surface area contributed by atoms with Crippen molar-refractivity contribution < 1.29 is 4.79 Å². The lowest BCUT2D eigenvalue weighted by Crippen LogP contribution is -2.20. The SMILES string of the molecule is CC(C)Cn1ccnc1NC(=O)CC1CCNC1.Cl. The molecular formula is C13H23ClN4O. The minimum absolute atomic E-state index is 0. The Kier molecular flexibility index (Phi) is 6.31. The predicted molar refractivity (Wildman–Crippen MR) is 78.5 cm³/mol. The van der Waals surface area contributed by atoms with Crippen molar-refractivity contribution in [1.82, 2.24) is 14.9 Å². The summed E-state index contributed by atoms with van der Waals surface area (Å²) in [4.78, 5) is 16.1. The Morgan fingerprint density at radius 1 is 1.63 bits per heavy atom. The zero-order valence-electron chi connectivity index (χ0n) is 11.6. The molecule has 0 spiro atoms. The molecule has 1 aromatic heterocycles. The van der Waals surface area contributed by atoms with E-state index < -0.39 is 0 Å². The van der Waals surface area contributed by atoms with E-state index in [0.717, 1.165) is 26.1 Å². The number of hydrogen-bond acceptors (Lipinski definition) is 3. The number of amides is 1. The third-order valence-corrected chi connectivity index (χ3v) is 3.16. The quantitative estimate of drug-likeness (QED) is 0.869. The number of nitrogens with one attached hydrogen (secondary N) is 2. The molecule has 1 aliphatic rings. The Hall–Kier alpha value is -1.07. The van der Waals surface area contributed by atoms with Gasteiger partial charge in [-0.3, -0.25) is 10.1 Å². The van der Waals surface area contributed by atoms with Crippen molar-refractivity contribution in [2.45, 2.75) is 33.2 Å². The van der Waals surface area contributed by atoms with Crippen LogP contribution in [0.25, 0.3) is 0 Å². The highest BCUT2D eigenvalue weighted by molar-refractivity contribution is 5.89. The van der Waals surface area contributed by atoms with E-state index in [4.69, 9.17) is 0 Å². The van der Waals surface area contributed by atoms with Crippen LogP contribution in [0.15, 0.2) is 12.4 Å². The topological polar surface area (TPSA) is 59.0 Å². The zero-order chi connectivity index (χ0) is 13.0. The average molecular weight is 287 g/mol. The predicted octanol–water partition coefficient (Wildman–Crippen LogP) is 1.90. The Labute approximate surface area is 120 Å². The lowest BCUT2D eigenvalue weighted by atomic mass is 10.1. The molecule has 2 N–H and O–H groups in total. The summed E-state index contributed by atoms with van der Waals surface area (Å²) in [5.74, 6) is 1.74. The van der Waals surface area contributed by atoms with Gasteiger partial charge < -0.3 is 9.88 Å². The number of imidazole rings is 1. The number of aromatic nitrogens is 2. The van der Waals surface area contributed by atoms with Gasteiger partial charge in [-0.15, -0.1) is 12.4 Å². The smallest absolute Gasteiger partial charge is 0.227 e. The van der Waals surface area contributed by atoms with Gasteiger partial charge in [0.2, 0.25) is 11.9 Å². The Morgan fingerprint density at radius 3 is 3.05 bits per heavy atom. The van der Waals surface area contributed by atoms with Gasteiger partial charge >= 0.3 is 0 Å². The fourth-order valence-electron chi connectivity index (χ4n) is 2.30. The van der Waals surface area contributed by atoms with Crippen molar-refractivity contribution in [3.63, 3.8) is 0 Å². The second kappa shape index (κ2) is 7.50. The lowest BCUT2D eigenvalue weighted by molar-refractivity contribution is -0.117. The van der Waals surface area contributed by atoms with Crippen LogP contribution in [-0.4, -0.2) is 28.5 Å². The maximum atomic E-state index is 11.9. The summed E-state index contributed by atoms with van der Waals surface area (Å²) in [5, 5.41) is 6.18. The van der Waals surface area contributed by atoms with Crippen LogP contribution >= 0.6 is 12.4 Å². The Balaban J connectivity index is 0.00000180. The van der Waals surface area contributed by atoms with Gasteiger partial charge in [-0.2, -0.15) is 0 Å². The van der Waals surface area contributed by atoms with Crippen LogP contribution < -0.4 is 10.6 Å². The van der Waals surface area contributed by atoms with E-state index in [2.05, 4.69) is 29.5 Å². The van der Waals surface area contributed by atoms with Gasteiger partial charge in [0.05, 0.1) is 0 Å². The molecule has 1 unspecified atom stereocenters. The Morgan fingerprint density at radius 2 is 2.42 bits per heavy atom. The van der Waals surface area contributed by atoms with E-state index in [1.54, 1.807) is 6.20 Å². The number of nitrogens with zero attached hydrogens (tertiary/aromatic N) is 2. The molecule has 0 bridgehead atoms.